The number of benzene rings is 1. The zero-order valence-electron chi connectivity index (χ0n) is 10.8. The lowest BCUT2D eigenvalue weighted by Crippen LogP contribution is -2.23. The standard InChI is InChI=1S/C15H20N2S/c1-2-9-17(12-15-4-3-10-18-15)11-13-5-7-14(16)8-6-13/h3-8,10H,2,9,11-12,16H2,1H3. The third-order valence-electron chi connectivity index (χ3n) is 2.89. The molecule has 1 heterocycles. The summed E-state index contributed by atoms with van der Waals surface area (Å²) in [5, 5.41) is 2.14. The van der Waals surface area contributed by atoms with Crippen LogP contribution >= 0.6 is 11.3 Å². The van der Waals surface area contributed by atoms with Gasteiger partial charge in [-0.1, -0.05) is 25.1 Å². The van der Waals surface area contributed by atoms with Crippen LogP contribution in [-0.4, -0.2) is 11.4 Å². The number of nitrogens with two attached hydrogens (primary N) is 1. The van der Waals surface area contributed by atoms with E-state index in [4.69, 9.17) is 5.73 Å². The predicted octanol–water partition coefficient (Wildman–Crippen LogP) is 3.74. The largest absolute Gasteiger partial charge is 0.399 e. The van der Waals surface area contributed by atoms with Gasteiger partial charge in [0.1, 0.15) is 0 Å². The number of nitrogens with zero attached hydrogens (tertiary/aromatic N) is 1. The maximum atomic E-state index is 5.71. The van der Waals surface area contributed by atoms with Gasteiger partial charge in [-0.15, -0.1) is 11.3 Å². The molecule has 96 valence electrons. The zero-order valence-corrected chi connectivity index (χ0v) is 11.6. The van der Waals surface area contributed by atoms with Crippen LogP contribution in [0.5, 0.6) is 0 Å². The summed E-state index contributed by atoms with van der Waals surface area (Å²) in [6.45, 7) is 5.38. The van der Waals surface area contributed by atoms with Crippen molar-refractivity contribution in [1.82, 2.24) is 4.90 Å². The molecule has 1 aromatic carbocycles. The maximum absolute atomic E-state index is 5.71. The van der Waals surface area contributed by atoms with E-state index in [1.807, 2.05) is 23.5 Å². The van der Waals surface area contributed by atoms with E-state index in [1.54, 1.807) is 0 Å². The average Bonchev–Trinajstić information content (AvgIpc) is 2.85. The summed E-state index contributed by atoms with van der Waals surface area (Å²) in [4.78, 5) is 3.91. The van der Waals surface area contributed by atoms with Gasteiger partial charge in [0.2, 0.25) is 0 Å². The Hall–Kier alpha value is -1.32. The topological polar surface area (TPSA) is 29.3 Å². The summed E-state index contributed by atoms with van der Waals surface area (Å²) in [5.74, 6) is 0. The first-order valence-electron chi connectivity index (χ1n) is 6.37. The van der Waals surface area contributed by atoms with Crippen molar-refractivity contribution in [2.24, 2.45) is 0 Å². The Morgan fingerprint density at radius 3 is 2.50 bits per heavy atom. The number of hydrogen-bond donors (Lipinski definition) is 1. The van der Waals surface area contributed by atoms with Crippen LogP contribution in [0.15, 0.2) is 41.8 Å². The Balaban J connectivity index is 1.99. The van der Waals surface area contributed by atoms with Crippen molar-refractivity contribution >= 4 is 17.0 Å². The highest BCUT2D eigenvalue weighted by atomic mass is 32.1. The fraction of sp³-hybridized carbons (Fsp3) is 0.333. The molecule has 0 radical (unpaired) electrons. The van der Waals surface area contributed by atoms with E-state index in [2.05, 4.69) is 41.5 Å². The highest BCUT2D eigenvalue weighted by Gasteiger charge is 2.06. The SMILES string of the molecule is CCCN(Cc1ccc(N)cc1)Cc1cccs1. The van der Waals surface area contributed by atoms with Crippen LogP contribution < -0.4 is 5.73 Å². The molecule has 0 saturated heterocycles. The van der Waals surface area contributed by atoms with Gasteiger partial charge in [0.15, 0.2) is 0 Å². The number of nitrogen functional groups attached to an aromatic ring is 1. The molecule has 0 amide bonds. The third-order valence-corrected chi connectivity index (χ3v) is 3.75. The van der Waals surface area contributed by atoms with Gasteiger partial charge in [-0.2, -0.15) is 0 Å². The van der Waals surface area contributed by atoms with Gasteiger partial charge < -0.3 is 5.73 Å². The fourth-order valence-electron chi connectivity index (χ4n) is 2.03. The summed E-state index contributed by atoms with van der Waals surface area (Å²) < 4.78 is 0. The van der Waals surface area contributed by atoms with E-state index in [1.165, 1.54) is 16.9 Å². The molecule has 0 aliphatic rings. The number of hydrogen-bond acceptors (Lipinski definition) is 3. The summed E-state index contributed by atoms with van der Waals surface area (Å²) in [7, 11) is 0. The second-order valence-corrected chi connectivity index (χ2v) is 5.56. The summed E-state index contributed by atoms with van der Waals surface area (Å²) in [6.07, 6.45) is 1.18. The second kappa shape index (κ2) is 6.57. The molecule has 2 nitrogen and oxygen atoms in total. The van der Waals surface area contributed by atoms with Gasteiger partial charge in [0, 0.05) is 23.7 Å². The van der Waals surface area contributed by atoms with Crippen molar-refractivity contribution in [3.63, 3.8) is 0 Å². The molecule has 0 spiro atoms. The molecule has 0 fully saturated rings. The van der Waals surface area contributed by atoms with Crippen LogP contribution in [0.2, 0.25) is 0 Å². The summed E-state index contributed by atoms with van der Waals surface area (Å²) in [5.41, 5.74) is 7.87. The molecule has 1 aromatic heterocycles. The molecular weight excluding hydrogens is 240 g/mol. The third kappa shape index (κ3) is 3.86. The highest BCUT2D eigenvalue weighted by Crippen LogP contribution is 2.15. The number of anilines is 1. The molecule has 0 aliphatic heterocycles. The first-order valence-corrected chi connectivity index (χ1v) is 7.25. The Morgan fingerprint density at radius 1 is 1.11 bits per heavy atom. The molecular formula is C15H20N2S. The Kier molecular flexibility index (Phi) is 4.79. The van der Waals surface area contributed by atoms with Crippen LogP contribution in [0, 0.1) is 0 Å². The minimum absolute atomic E-state index is 0.832. The predicted molar refractivity (Wildman–Crippen MR) is 79.6 cm³/mol. The monoisotopic (exact) mass is 260 g/mol. The van der Waals surface area contributed by atoms with E-state index >= 15 is 0 Å². The maximum Gasteiger partial charge on any atom is 0.0331 e. The Bertz CT molecular complexity index is 448. The van der Waals surface area contributed by atoms with Crippen molar-refractivity contribution in [3.8, 4) is 0 Å². The lowest BCUT2D eigenvalue weighted by Gasteiger charge is -2.21. The van der Waals surface area contributed by atoms with Crippen LogP contribution in [0.25, 0.3) is 0 Å². The van der Waals surface area contributed by atoms with Crippen LogP contribution in [0.4, 0.5) is 5.69 Å². The zero-order chi connectivity index (χ0) is 12.8. The van der Waals surface area contributed by atoms with Gasteiger partial charge in [-0.05, 0) is 42.1 Å². The van der Waals surface area contributed by atoms with Gasteiger partial charge in [-0.25, -0.2) is 0 Å². The van der Waals surface area contributed by atoms with Crippen LogP contribution in [-0.2, 0) is 13.1 Å². The van der Waals surface area contributed by atoms with Crippen LogP contribution in [0.1, 0.15) is 23.8 Å². The Morgan fingerprint density at radius 2 is 1.89 bits per heavy atom. The first kappa shape index (κ1) is 13.1. The van der Waals surface area contributed by atoms with E-state index in [0.717, 1.165) is 25.3 Å². The van der Waals surface area contributed by atoms with Crippen molar-refractivity contribution in [2.45, 2.75) is 26.4 Å². The molecule has 2 rings (SSSR count). The average molecular weight is 260 g/mol. The highest BCUT2D eigenvalue weighted by molar-refractivity contribution is 7.09. The second-order valence-electron chi connectivity index (χ2n) is 4.53. The minimum Gasteiger partial charge on any atom is -0.399 e. The normalized spacial score (nSPS) is 11.0. The lowest BCUT2D eigenvalue weighted by molar-refractivity contribution is 0.259. The van der Waals surface area contributed by atoms with Gasteiger partial charge in [0.25, 0.3) is 0 Å². The summed E-state index contributed by atoms with van der Waals surface area (Å²) in [6, 6.07) is 12.5. The van der Waals surface area contributed by atoms with Crippen molar-refractivity contribution in [2.75, 3.05) is 12.3 Å². The molecule has 0 aliphatic carbocycles. The van der Waals surface area contributed by atoms with Crippen LogP contribution in [0.3, 0.4) is 0 Å². The van der Waals surface area contributed by atoms with Crippen molar-refractivity contribution in [3.05, 3.63) is 52.2 Å². The molecule has 0 saturated carbocycles. The van der Waals surface area contributed by atoms with Gasteiger partial charge in [0.05, 0.1) is 0 Å². The molecule has 0 bridgehead atoms. The van der Waals surface area contributed by atoms with Crippen molar-refractivity contribution in [1.29, 1.82) is 0 Å². The Labute approximate surface area is 113 Å². The number of thiophene rings is 1. The molecule has 18 heavy (non-hydrogen) atoms. The first-order chi connectivity index (χ1) is 8.78. The molecule has 2 aromatic rings. The fourth-order valence-corrected chi connectivity index (χ4v) is 2.78. The molecule has 3 heteroatoms. The van der Waals surface area contributed by atoms with E-state index in [-0.39, 0.29) is 0 Å². The van der Waals surface area contributed by atoms with E-state index in [0.29, 0.717) is 0 Å². The quantitative estimate of drug-likeness (QED) is 0.802. The molecule has 0 unspecified atom stereocenters. The van der Waals surface area contributed by atoms with Gasteiger partial charge in [-0.3, -0.25) is 4.90 Å². The van der Waals surface area contributed by atoms with Gasteiger partial charge >= 0.3 is 0 Å². The van der Waals surface area contributed by atoms with E-state index < -0.39 is 0 Å². The molecule has 2 N–H and O–H groups in total. The van der Waals surface area contributed by atoms with Crippen molar-refractivity contribution < 1.29 is 0 Å². The lowest BCUT2D eigenvalue weighted by atomic mass is 10.2. The summed E-state index contributed by atoms with van der Waals surface area (Å²) >= 11 is 1.83. The minimum atomic E-state index is 0.832. The van der Waals surface area contributed by atoms with E-state index in [9.17, 15) is 0 Å². The molecule has 0 atom stereocenters. The smallest absolute Gasteiger partial charge is 0.0331 e. The number of rotatable bonds is 6.